The predicted octanol–water partition coefficient (Wildman–Crippen LogP) is 18.9. The van der Waals surface area contributed by atoms with Crippen LogP contribution in [0.25, 0.3) is 111 Å². The molecule has 0 fully saturated rings. The number of nitrogens with zero attached hydrogens (tertiary/aromatic N) is 2. The first-order valence-electron chi connectivity index (χ1n) is 26.0. The van der Waals surface area contributed by atoms with Gasteiger partial charge in [0.25, 0.3) is 0 Å². The van der Waals surface area contributed by atoms with Crippen molar-refractivity contribution < 1.29 is 0 Å². The maximum Gasteiger partial charge on any atom is 0.0713 e. The molecule has 0 spiro atoms. The Morgan fingerprint density at radius 2 is 0.573 bits per heavy atom. The second-order valence-electron chi connectivity index (χ2n) is 20.0. The smallest absolute Gasteiger partial charge is 0.0713 e. The van der Waals surface area contributed by atoms with Crippen molar-refractivity contribution in [3.63, 3.8) is 0 Å². The number of hydrogen-bond donors (Lipinski definition) is 0. The van der Waals surface area contributed by atoms with E-state index in [9.17, 15) is 0 Å². The summed E-state index contributed by atoms with van der Waals surface area (Å²) in [6.45, 7) is 0. The van der Waals surface area contributed by atoms with E-state index >= 15 is 0 Å². The zero-order chi connectivity index (χ0) is 49.5. The number of benzene rings is 12. The fourth-order valence-corrected chi connectivity index (χ4v) is 12.6. The second-order valence-corrected chi connectivity index (χ2v) is 20.0. The van der Waals surface area contributed by atoms with Crippen molar-refractivity contribution >= 4 is 43.6 Å². The van der Waals surface area contributed by atoms with Crippen LogP contribution in [-0.2, 0) is 5.41 Å². The minimum Gasteiger partial charge on any atom is -0.309 e. The summed E-state index contributed by atoms with van der Waals surface area (Å²) < 4.78 is 4.79. The molecule has 2 heteroatoms. The van der Waals surface area contributed by atoms with Crippen molar-refractivity contribution in [1.29, 1.82) is 0 Å². The van der Waals surface area contributed by atoms with Crippen LogP contribution in [0.4, 0.5) is 0 Å². The molecule has 2 heterocycles. The molecule has 0 amide bonds. The highest BCUT2D eigenvalue weighted by Crippen LogP contribution is 2.56. The Balaban J connectivity index is 0.711. The third kappa shape index (κ3) is 6.73. The molecule has 2 nitrogen and oxygen atoms in total. The van der Waals surface area contributed by atoms with Crippen molar-refractivity contribution in [2.24, 2.45) is 0 Å². The lowest BCUT2D eigenvalue weighted by atomic mass is 9.67. The molecule has 2 aromatic heterocycles. The van der Waals surface area contributed by atoms with E-state index in [2.05, 4.69) is 300 Å². The summed E-state index contributed by atoms with van der Waals surface area (Å²) in [6, 6.07) is 107. The molecule has 0 saturated carbocycles. The van der Waals surface area contributed by atoms with Crippen molar-refractivity contribution in [2.75, 3.05) is 0 Å². The van der Waals surface area contributed by atoms with Crippen LogP contribution in [0.1, 0.15) is 22.3 Å². The highest BCUT2D eigenvalue weighted by molar-refractivity contribution is 6.12. The Morgan fingerprint density at radius 3 is 1.09 bits per heavy atom. The van der Waals surface area contributed by atoms with Crippen molar-refractivity contribution in [3.05, 3.63) is 313 Å². The van der Waals surface area contributed by atoms with Crippen LogP contribution in [0.5, 0.6) is 0 Å². The number of fused-ring (bicyclic) bond motifs is 9. The van der Waals surface area contributed by atoms with Crippen LogP contribution in [0.15, 0.2) is 291 Å². The summed E-state index contributed by atoms with van der Waals surface area (Å²) in [4.78, 5) is 0. The minimum atomic E-state index is -0.423. The van der Waals surface area contributed by atoms with E-state index in [1.807, 2.05) is 0 Å². The molecule has 0 N–H and O–H groups in total. The van der Waals surface area contributed by atoms with E-state index in [0.717, 1.165) is 5.69 Å². The third-order valence-electron chi connectivity index (χ3n) is 16.0. The Hall–Kier alpha value is -9.76. The van der Waals surface area contributed by atoms with Crippen molar-refractivity contribution in [1.82, 2.24) is 9.13 Å². The molecule has 0 atom stereocenters. The molecule has 14 aromatic rings. The first-order chi connectivity index (χ1) is 37.2. The Morgan fingerprint density at radius 1 is 0.213 bits per heavy atom. The third-order valence-corrected chi connectivity index (χ3v) is 16.0. The largest absolute Gasteiger partial charge is 0.309 e. The maximum atomic E-state index is 2.41. The molecule has 0 aliphatic heterocycles. The van der Waals surface area contributed by atoms with Crippen LogP contribution >= 0.6 is 0 Å². The maximum absolute atomic E-state index is 2.41. The van der Waals surface area contributed by atoms with Gasteiger partial charge in [0.2, 0.25) is 0 Å². The fraction of sp³-hybridized carbons (Fsp3) is 0.0137. The quantitative estimate of drug-likeness (QED) is 0.144. The first-order valence-corrected chi connectivity index (χ1v) is 26.0. The highest BCUT2D eigenvalue weighted by Gasteiger charge is 2.45. The van der Waals surface area contributed by atoms with Crippen LogP contribution in [0, 0.1) is 0 Å². The minimum absolute atomic E-state index is 0.423. The van der Waals surface area contributed by atoms with Gasteiger partial charge in [-0.05, 0) is 145 Å². The molecular formula is C73H48N2. The standard InChI is InChI=1S/C73H48N2/c1-3-17-57(18-4-1)73(67-26-11-7-22-61(67)62-23-8-12-27-68(62)73)58-19-15-16-54(46-58)53-36-34-50(35-37-53)49-30-32-51(33-31-49)52-38-42-60(43-39-52)75-70-29-14-10-25-64(70)66-48-56(41-45-72(66)75)55-40-44-71-65(47-55)63-24-9-13-28-69(63)74(71)59-20-5-2-6-21-59/h1-48H. The van der Waals surface area contributed by atoms with E-state index in [1.54, 1.807) is 0 Å². The first kappa shape index (κ1) is 42.9. The lowest BCUT2D eigenvalue weighted by Gasteiger charge is -2.34. The summed E-state index contributed by atoms with van der Waals surface area (Å²) in [7, 11) is 0. The van der Waals surface area contributed by atoms with Gasteiger partial charge in [-0.2, -0.15) is 0 Å². The molecule has 0 bridgehead atoms. The van der Waals surface area contributed by atoms with Crippen LogP contribution in [0.2, 0.25) is 0 Å². The predicted molar refractivity (Wildman–Crippen MR) is 314 cm³/mol. The monoisotopic (exact) mass is 952 g/mol. The molecule has 0 radical (unpaired) electrons. The van der Waals surface area contributed by atoms with Crippen LogP contribution in [0.3, 0.4) is 0 Å². The van der Waals surface area contributed by atoms with Gasteiger partial charge in [-0.1, -0.05) is 224 Å². The summed E-state index contributed by atoms with van der Waals surface area (Å²) in [5.74, 6) is 0. The molecule has 15 rings (SSSR count). The Kier molecular flexibility index (Phi) is 9.83. The van der Waals surface area contributed by atoms with Crippen LogP contribution in [-0.4, -0.2) is 9.13 Å². The van der Waals surface area contributed by atoms with E-state index in [-0.39, 0.29) is 0 Å². The summed E-state index contributed by atoms with van der Waals surface area (Å²) in [5.41, 5.74) is 24.1. The number of hydrogen-bond acceptors (Lipinski definition) is 0. The van der Waals surface area contributed by atoms with Crippen LogP contribution < -0.4 is 0 Å². The van der Waals surface area contributed by atoms with Gasteiger partial charge >= 0.3 is 0 Å². The Labute approximate surface area is 436 Å². The van der Waals surface area contributed by atoms with Gasteiger partial charge in [0.15, 0.2) is 0 Å². The fourth-order valence-electron chi connectivity index (χ4n) is 12.6. The molecule has 1 aliphatic carbocycles. The van der Waals surface area contributed by atoms with Gasteiger partial charge in [0.05, 0.1) is 27.5 Å². The van der Waals surface area contributed by atoms with Crippen molar-refractivity contribution in [2.45, 2.75) is 5.41 Å². The SMILES string of the molecule is c1ccc(-n2c3ccccc3c3cc(-c4ccc5c(c4)c4ccccc4n5-c4ccc(-c5ccc(-c6ccc(-c7cccc(C8(c9ccccc9)c9ccccc9-c9ccccc98)c7)cc6)cc5)cc4)ccc32)cc1. The normalized spacial score (nSPS) is 12.6. The topological polar surface area (TPSA) is 9.86 Å². The average Bonchev–Trinajstić information content (AvgIpc) is 4.12. The average molecular weight is 953 g/mol. The second kappa shape index (κ2) is 17.2. The number of rotatable bonds is 8. The summed E-state index contributed by atoms with van der Waals surface area (Å²) in [6.07, 6.45) is 0. The van der Waals surface area contributed by atoms with Gasteiger partial charge in [0.1, 0.15) is 0 Å². The molecule has 12 aromatic carbocycles. The number of aromatic nitrogens is 2. The van der Waals surface area contributed by atoms with E-state index < -0.39 is 5.41 Å². The summed E-state index contributed by atoms with van der Waals surface area (Å²) >= 11 is 0. The Bertz CT molecular complexity index is 4440. The van der Waals surface area contributed by atoms with Gasteiger partial charge < -0.3 is 9.13 Å². The summed E-state index contributed by atoms with van der Waals surface area (Å²) in [5, 5.41) is 5.00. The molecule has 350 valence electrons. The molecular weight excluding hydrogens is 905 g/mol. The molecule has 1 aliphatic rings. The molecule has 0 saturated heterocycles. The molecule has 75 heavy (non-hydrogen) atoms. The number of para-hydroxylation sites is 3. The zero-order valence-electron chi connectivity index (χ0n) is 41.1. The van der Waals surface area contributed by atoms with E-state index in [0.29, 0.717) is 0 Å². The van der Waals surface area contributed by atoms with Gasteiger partial charge in [-0.3, -0.25) is 0 Å². The van der Waals surface area contributed by atoms with Gasteiger partial charge in [0, 0.05) is 32.9 Å². The van der Waals surface area contributed by atoms with E-state index in [4.69, 9.17) is 0 Å². The zero-order valence-corrected chi connectivity index (χ0v) is 41.1. The van der Waals surface area contributed by atoms with Gasteiger partial charge in [-0.15, -0.1) is 0 Å². The lowest BCUT2D eigenvalue weighted by Crippen LogP contribution is -2.28. The van der Waals surface area contributed by atoms with Gasteiger partial charge in [-0.25, -0.2) is 0 Å². The van der Waals surface area contributed by atoms with Crippen molar-refractivity contribution in [3.8, 4) is 67.0 Å². The molecule has 0 unspecified atom stereocenters. The van der Waals surface area contributed by atoms with E-state index in [1.165, 1.54) is 127 Å². The highest BCUT2D eigenvalue weighted by atomic mass is 15.0. The lowest BCUT2D eigenvalue weighted by molar-refractivity contribution is 0.769.